The van der Waals surface area contributed by atoms with Crippen LogP contribution in [-0.2, 0) is 15.7 Å². The minimum atomic E-state index is -3.91. The Morgan fingerprint density at radius 2 is 1.95 bits per heavy atom. The van der Waals surface area contributed by atoms with Crippen LogP contribution in [0.2, 0.25) is 0 Å². The van der Waals surface area contributed by atoms with E-state index in [1.54, 1.807) is 19.1 Å². The molecule has 0 amide bonds. The van der Waals surface area contributed by atoms with Gasteiger partial charge in [-0.05, 0) is 48.4 Å². The summed E-state index contributed by atoms with van der Waals surface area (Å²) in [6.07, 6.45) is 0. The second-order valence-corrected chi connectivity index (χ2v) is 7.90. The molecule has 0 aliphatic heterocycles. The molecule has 0 atom stereocenters. The van der Waals surface area contributed by atoms with Crippen LogP contribution >= 0.6 is 26.6 Å². The third-order valence-corrected chi connectivity index (χ3v) is 4.48. The lowest BCUT2D eigenvalue weighted by Crippen LogP contribution is -2.01. The fraction of sp³-hybridized carbons (Fsp3) is 0.143. The Morgan fingerprint density at radius 3 is 2.57 bits per heavy atom. The third kappa shape index (κ3) is 4.43. The van der Waals surface area contributed by atoms with Crippen molar-refractivity contribution in [2.24, 2.45) is 0 Å². The van der Waals surface area contributed by atoms with Gasteiger partial charge in [0.1, 0.15) is 23.1 Å². The summed E-state index contributed by atoms with van der Waals surface area (Å²) in [5.41, 5.74) is 1.32. The van der Waals surface area contributed by atoms with E-state index in [1.807, 2.05) is 0 Å². The number of benzene rings is 2. The van der Waals surface area contributed by atoms with Crippen LogP contribution in [0.4, 0.5) is 4.39 Å². The van der Waals surface area contributed by atoms with Crippen molar-refractivity contribution in [3.8, 4) is 5.75 Å². The quantitative estimate of drug-likeness (QED) is 0.723. The lowest BCUT2D eigenvalue weighted by atomic mass is 10.2. The molecule has 0 aromatic heterocycles. The molecule has 0 unspecified atom stereocenters. The van der Waals surface area contributed by atoms with E-state index in [1.165, 1.54) is 24.3 Å². The first-order valence-corrected chi connectivity index (χ1v) is 8.99. The van der Waals surface area contributed by atoms with Gasteiger partial charge in [-0.3, -0.25) is 0 Å². The topological polar surface area (TPSA) is 43.4 Å². The molecule has 2 rings (SSSR count). The molecule has 3 nitrogen and oxygen atoms in total. The lowest BCUT2D eigenvalue weighted by molar-refractivity contribution is 0.297. The molecular weight excluding hydrogens is 383 g/mol. The van der Waals surface area contributed by atoms with E-state index in [9.17, 15) is 12.8 Å². The summed E-state index contributed by atoms with van der Waals surface area (Å²) >= 11 is 3.18. The van der Waals surface area contributed by atoms with Crippen LogP contribution in [0.15, 0.2) is 45.8 Å². The van der Waals surface area contributed by atoms with E-state index in [0.29, 0.717) is 10.0 Å². The highest BCUT2D eigenvalue weighted by atomic mass is 79.9. The summed E-state index contributed by atoms with van der Waals surface area (Å²) in [6, 6.07) is 8.99. The van der Waals surface area contributed by atoms with Crippen LogP contribution in [0, 0.1) is 12.7 Å². The number of hydrogen-bond donors (Lipinski definition) is 0. The molecular formula is C14H11BrClFO3S. The van der Waals surface area contributed by atoms with Gasteiger partial charge in [0, 0.05) is 15.2 Å². The average molecular weight is 394 g/mol. The summed E-state index contributed by atoms with van der Waals surface area (Å²) in [7, 11) is 1.48. The zero-order chi connectivity index (χ0) is 15.6. The van der Waals surface area contributed by atoms with Crippen LogP contribution in [0.1, 0.15) is 11.1 Å². The van der Waals surface area contributed by atoms with Crippen LogP contribution in [0.5, 0.6) is 5.75 Å². The van der Waals surface area contributed by atoms with Crippen LogP contribution in [-0.4, -0.2) is 8.42 Å². The van der Waals surface area contributed by atoms with Gasteiger partial charge in [-0.2, -0.15) is 0 Å². The number of hydrogen-bond acceptors (Lipinski definition) is 3. The lowest BCUT2D eigenvalue weighted by Gasteiger charge is -2.11. The molecule has 0 spiro atoms. The first-order chi connectivity index (χ1) is 9.75. The number of rotatable bonds is 4. The monoisotopic (exact) mass is 392 g/mol. The van der Waals surface area contributed by atoms with Gasteiger partial charge in [0.05, 0.1) is 0 Å². The van der Waals surface area contributed by atoms with Crippen molar-refractivity contribution in [1.82, 2.24) is 0 Å². The van der Waals surface area contributed by atoms with E-state index in [-0.39, 0.29) is 17.3 Å². The molecule has 0 radical (unpaired) electrons. The van der Waals surface area contributed by atoms with E-state index in [2.05, 4.69) is 15.9 Å². The Balaban J connectivity index is 2.28. The smallest absolute Gasteiger partial charge is 0.264 e. The average Bonchev–Trinajstić information content (AvgIpc) is 2.35. The van der Waals surface area contributed by atoms with Gasteiger partial charge in [-0.25, -0.2) is 12.8 Å². The van der Waals surface area contributed by atoms with E-state index in [4.69, 9.17) is 15.4 Å². The second-order valence-electron chi connectivity index (χ2n) is 4.45. The molecule has 21 heavy (non-hydrogen) atoms. The second kappa shape index (κ2) is 6.34. The van der Waals surface area contributed by atoms with Gasteiger partial charge in [0.15, 0.2) is 0 Å². The van der Waals surface area contributed by atoms with Gasteiger partial charge >= 0.3 is 0 Å². The van der Waals surface area contributed by atoms with Crippen LogP contribution in [0.3, 0.4) is 0 Å². The summed E-state index contributed by atoms with van der Waals surface area (Å²) in [6.45, 7) is 1.78. The first kappa shape index (κ1) is 16.3. The molecule has 2 aromatic rings. The molecule has 0 aliphatic carbocycles. The van der Waals surface area contributed by atoms with Gasteiger partial charge in [0.25, 0.3) is 9.05 Å². The summed E-state index contributed by atoms with van der Waals surface area (Å²) in [5.74, 6) is -0.270. The molecule has 0 fully saturated rings. The molecule has 0 aliphatic rings. The summed E-state index contributed by atoms with van der Waals surface area (Å²) < 4.78 is 42.4. The zero-order valence-electron chi connectivity index (χ0n) is 10.9. The minimum Gasteiger partial charge on any atom is -0.487 e. The maximum atomic E-state index is 13.3. The summed E-state index contributed by atoms with van der Waals surface area (Å²) in [4.78, 5) is -0.0976. The highest BCUT2D eigenvalue weighted by molar-refractivity contribution is 9.10. The standard InChI is InChI=1S/C14H11BrClFO3S/c1-9-2-3-13(14(4-9)21(16,18)19)20-8-10-5-11(15)7-12(17)6-10/h2-7H,8H2,1H3. The molecule has 2 aromatic carbocycles. The Kier molecular flexibility index (Phi) is 4.91. The summed E-state index contributed by atoms with van der Waals surface area (Å²) in [5, 5.41) is 0. The number of ether oxygens (including phenoxy) is 1. The van der Waals surface area contributed by atoms with E-state index >= 15 is 0 Å². The molecule has 7 heteroatoms. The minimum absolute atomic E-state index is 0.0266. The van der Waals surface area contributed by atoms with Gasteiger partial charge in [-0.1, -0.05) is 22.0 Å². The normalized spacial score (nSPS) is 11.4. The van der Waals surface area contributed by atoms with Crippen molar-refractivity contribution in [3.05, 3.63) is 57.8 Å². The maximum Gasteiger partial charge on any atom is 0.264 e. The number of halogens is 3. The van der Waals surface area contributed by atoms with E-state index < -0.39 is 14.9 Å². The highest BCUT2D eigenvalue weighted by Crippen LogP contribution is 2.29. The van der Waals surface area contributed by atoms with Crippen molar-refractivity contribution < 1.29 is 17.5 Å². The third-order valence-electron chi connectivity index (χ3n) is 2.68. The molecule has 0 bridgehead atoms. The fourth-order valence-corrected chi connectivity index (χ4v) is 3.35. The predicted molar refractivity (Wildman–Crippen MR) is 82.6 cm³/mol. The number of aryl methyl sites for hydroxylation is 1. The van der Waals surface area contributed by atoms with E-state index in [0.717, 1.165) is 5.56 Å². The first-order valence-electron chi connectivity index (χ1n) is 5.89. The Hall–Kier alpha value is -1.11. The molecule has 0 N–H and O–H groups in total. The van der Waals surface area contributed by atoms with Gasteiger partial charge in [0.2, 0.25) is 0 Å². The Labute approximate surface area is 135 Å². The zero-order valence-corrected chi connectivity index (χ0v) is 14.1. The predicted octanol–water partition coefficient (Wildman–Crippen LogP) is 4.40. The molecule has 112 valence electrons. The van der Waals surface area contributed by atoms with Gasteiger partial charge < -0.3 is 4.74 Å². The Bertz CT molecular complexity index is 758. The molecule has 0 saturated heterocycles. The van der Waals surface area contributed by atoms with Crippen molar-refractivity contribution in [2.75, 3.05) is 0 Å². The largest absolute Gasteiger partial charge is 0.487 e. The molecule has 0 heterocycles. The fourth-order valence-electron chi connectivity index (χ4n) is 1.78. The van der Waals surface area contributed by atoms with Gasteiger partial charge in [-0.15, -0.1) is 0 Å². The van der Waals surface area contributed by atoms with Crippen LogP contribution < -0.4 is 4.74 Å². The Morgan fingerprint density at radius 1 is 1.24 bits per heavy atom. The maximum absolute atomic E-state index is 13.3. The highest BCUT2D eigenvalue weighted by Gasteiger charge is 2.17. The van der Waals surface area contributed by atoms with Crippen LogP contribution in [0.25, 0.3) is 0 Å². The van der Waals surface area contributed by atoms with Crippen molar-refractivity contribution in [2.45, 2.75) is 18.4 Å². The SMILES string of the molecule is Cc1ccc(OCc2cc(F)cc(Br)c2)c(S(=O)(=O)Cl)c1. The van der Waals surface area contributed by atoms with Crippen molar-refractivity contribution in [1.29, 1.82) is 0 Å². The van der Waals surface area contributed by atoms with Crippen molar-refractivity contribution >= 4 is 35.7 Å². The molecule has 0 saturated carbocycles. The van der Waals surface area contributed by atoms with Crippen molar-refractivity contribution in [3.63, 3.8) is 0 Å².